The number of nitrogens with zero attached hydrogens (tertiary/aromatic N) is 1. The van der Waals surface area contributed by atoms with Crippen molar-refractivity contribution in [2.45, 2.75) is 26.8 Å². The predicted molar refractivity (Wildman–Crippen MR) is 70.9 cm³/mol. The summed E-state index contributed by atoms with van der Waals surface area (Å²) in [6.45, 7) is 5.80. The van der Waals surface area contributed by atoms with Crippen LogP contribution in [0, 0.1) is 26.6 Å². The minimum Gasteiger partial charge on any atom is -0.320 e. The number of hydrogen-bond acceptors (Lipinski definition) is 2. The average molecular weight is 244 g/mol. The monoisotopic (exact) mass is 244 g/mol. The van der Waals surface area contributed by atoms with Crippen LogP contribution in [0.15, 0.2) is 30.3 Å². The van der Waals surface area contributed by atoms with Crippen LogP contribution in [0.5, 0.6) is 0 Å². The summed E-state index contributed by atoms with van der Waals surface area (Å²) in [5.74, 6) is -0.260. The van der Waals surface area contributed by atoms with E-state index in [-0.39, 0.29) is 11.9 Å². The van der Waals surface area contributed by atoms with Crippen LogP contribution < -0.4 is 5.73 Å². The summed E-state index contributed by atoms with van der Waals surface area (Å²) in [5, 5.41) is 0. The van der Waals surface area contributed by atoms with Crippen LogP contribution in [0.25, 0.3) is 0 Å². The molecular weight excluding hydrogens is 227 g/mol. The number of halogens is 1. The minimum absolute atomic E-state index is 0.260. The molecular formula is C15H17FN2. The third kappa shape index (κ3) is 2.41. The quantitative estimate of drug-likeness (QED) is 0.881. The molecule has 0 radical (unpaired) electrons. The molecule has 0 fully saturated rings. The van der Waals surface area contributed by atoms with E-state index in [4.69, 9.17) is 5.73 Å². The second kappa shape index (κ2) is 4.86. The Kier molecular flexibility index (Phi) is 3.43. The third-order valence-electron chi connectivity index (χ3n) is 3.18. The summed E-state index contributed by atoms with van der Waals surface area (Å²) >= 11 is 0. The predicted octanol–water partition coefficient (Wildman–Crippen LogP) is 3.19. The first kappa shape index (κ1) is 12.7. The zero-order valence-corrected chi connectivity index (χ0v) is 10.9. The molecule has 2 N–H and O–H groups in total. The van der Waals surface area contributed by atoms with Crippen LogP contribution in [0.3, 0.4) is 0 Å². The zero-order valence-electron chi connectivity index (χ0n) is 10.9. The van der Waals surface area contributed by atoms with Gasteiger partial charge in [-0.3, -0.25) is 4.98 Å². The lowest BCUT2D eigenvalue weighted by Gasteiger charge is -2.17. The van der Waals surface area contributed by atoms with Crippen molar-refractivity contribution in [2.75, 3.05) is 0 Å². The minimum atomic E-state index is -0.339. The topological polar surface area (TPSA) is 38.9 Å². The molecule has 94 valence electrons. The van der Waals surface area contributed by atoms with E-state index in [0.717, 1.165) is 28.1 Å². The summed E-state index contributed by atoms with van der Waals surface area (Å²) < 4.78 is 13.3. The molecule has 0 aliphatic carbocycles. The van der Waals surface area contributed by atoms with Gasteiger partial charge in [-0.15, -0.1) is 0 Å². The molecule has 3 heteroatoms. The number of benzene rings is 1. The van der Waals surface area contributed by atoms with Crippen molar-refractivity contribution in [3.8, 4) is 0 Å². The summed E-state index contributed by atoms with van der Waals surface area (Å²) in [6.07, 6.45) is 0. The van der Waals surface area contributed by atoms with E-state index in [1.165, 1.54) is 12.1 Å². The van der Waals surface area contributed by atoms with Crippen LogP contribution in [0.2, 0.25) is 0 Å². The van der Waals surface area contributed by atoms with Gasteiger partial charge in [0.05, 0.1) is 6.04 Å². The van der Waals surface area contributed by atoms with Gasteiger partial charge in [0.1, 0.15) is 5.82 Å². The first-order valence-electron chi connectivity index (χ1n) is 5.95. The Morgan fingerprint density at radius 3 is 2.44 bits per heavy atom. The Labute approximate surface area is 107 Å². The molecule has 0 saturated heterocycles. The SMILES string of the molecule is Cc1ccc(C(N)c2cc(F)ccc2C)c(C)n1. The number of aromatic nitrogens is 1. The molecule has 1 heterocycles. The maximum Gasteiger partial charge on any atom is 0.123 e. The first-order valence-corrected chi connectivity index (χ1v) is 5.95. The highest BCUT2D eigenvalue weighted by Gasteiger charge is 2.15. The molecule has 18 heavy (non-hydrogen) atoms. The second-order valence-corrected chi connectivity index (χ2v) is 4.61. The fourth-order valence-electron chi connectivity index (χ4n) is 2.14. The normalized spacial score (nSPS) is 12.5. The summed E-state index contributed by atoms with van der Waals surface area (Å²) in [7, 11) is 0. The molecule has 1 aromatic carbocycles. The van der Waals surface area contributed by atoms with Crippen molar-refractivity contribution < 1.29 is 4.39 Å². The highest BCUT2D eigenvalue weighted by molar-refractivity contribution is 5.38. The van der Waals surface area contributed by atoms with Gasteiger partial charge in [0.2, 0.25) is 0 Å². The van der Waals surface area contributed by atoms with Crippen molar-refractivity contribution in [1.29, 1.82) is 0 Å². The lowest BCUT2D eigenvalue weighted by molar-refractivity contribution is 0.622. The van der Waals surface area contributed by atoms with E-state index in [9.17, 15) is 4.39 Å². The number of rotatable bonds is 2. The van der Waals surface area contributed by atoms with Crippen molar-refractivity contribution in [3.05, 3.63) is 64.2 Å². The van der Waals surface area contributed by atoms with E-state index in [1.807, 2.05) is 32.9 Å². The smallest absolute Gasteiger partial charge is 0.123 e. The fraction of sp³-hybridized carbons (Fsp3) is 0.267. The van der Waals surface area contributed by atoms with Gasteiger partial charge in [-0.2, -0.15) is 0 Å². The van der Waals surface area contributed by atoms with Gasteiger partial charge < -0.3 is 5.73 Å². The molecule has 0 saturated carbocycles. The largest absolute Gasteiger partial charge is 0.320 e. The highest BCUT2D eigenvalue weighted by atomic mass is 19.1. The fourth-order valence-corrected chi connectivity index (χ4v) is 2.14. The maximum absolute atomic E-state index is 13.3. The van der Waals surface area contributed by atoms with Gasteiger partial charge in [0.15, 0.2) is 0 Å². The van der Waals surface area contributed by atoms with E-state index in [2.05, 4.69) is 4.98 Å². The molecule has 0 amide bonds. The Bertz CT molecular complexity index is 579. The number of aryl methyl sites for hydroxylation is 3. The van der Waals surface area contributed by atoms with Crippen LogP contribution in [-0.2, 0) is 0 Å². The Morgan fingerprint density at radius 2 is 1.78 bits per heavy atom. The molecule has 0 aliphatic rings. The first-order chi connectivity index (χ1) is 8.49. The van der Waals surface area contributed by atoms with Crippen LogP contribution in [-0.4, -0.2) is 4.98 Å². The van der Waals surface area contributed by atoms with Crippen LogP contribution in [0.4, 0.5) is 4.39 Å². The van der Waals surface area contributed by atoms with E-state index in [0.29, 0.717) is 0 Å². The molecule has 1 atom stereocenters. The number of nitrogens with two attached hydrogens (primary N) is 1. The molecule has 2 rings (SSSR count). The van der Waals surface area contributed by atoms with Gasteiger partial charge in [-0.1, -0.05) is 12.1 Å². The second-order valence-electron chi connectivity index (χ2n) is 4.61. The Hall–Kier alpha value is -1.74. The Balaban J connectivity index is 2.47. The van der Waals surface area contributed by atoms with E-state index < -0.39 is 0 Å². The van der Waals surface area contributed by atoms with Crippen LogP contribution >= 0.6 is 0 Å². The summed E-state index contributed by atoms with van der Waals surface area (Å²) in [6, 6.07) is 8.25. The van der Waals surface area contributed by atoms with Crippen molar-refractivity contribution >= 4 is 0 Å². The molecule has 0 aliphatic heterocycles. The highest BCUT2D eigenvalue weighted by Crippen LogP contribution is 2.25. The van der Waals surface area contributed by atoms with Gasteiger partial charge in [0.25, 0.3) is 0 Å². The van der Waals surface area contributed by atoms with Gasteiger partial charge in [0, 0.05) is 11.4 Å². The standard InChI is InChI=1S/C15H17FN2/c1-9-4-6-12(16)8-14(9)15(17)13-7-5-10(2)18-11(13)3/h4-8,15H,17H2,1-3H3. The van der Waals surface area contributed by atoms with E-state index in [1.54, 1.807) is 6.07 Å². The summed E-state index contributed by atoms with van der Waals surface area (Å²) in [5.41, 5.74) is 10.8. The zero-order chi connectivity index (χ0) is 13.3. The number of hydrogen-bond donors (Lipinski definition) is 1. The third-order valence-corrected chi connectivity index (χ3v) is 3.18. The van der Waals surface area contributed by atoms with Gasteiger partial charge in [-0.25, -0.2) is 4.39 Å². The van der Waals surface area contributed by atoms with E-state index >= 15 is 0 Å². The lowest BCUT2D eigenvalue weighted by atomic mass is 9.94. The maximum atomic E-state index is 13.3. The molecule has 2 nitrogen and oxygen atoms in total. The molecule has 1 aromatic heterocycles. The molecule has 0 spiro atoms. The molecule has 2 aromatic rings. The van der Waals surface area contributed by atoms with Crippen LogP contribution in [0.1, 0.15) is 34.1 Å². The van der Waals surface area contributed by atoms with Crippen molar-refractivity contribution in [2.24, 2.45) is 5.73 Å². The number of pyridine rings is 1. The van der Waals surface area contributed by atoms with Crippen molar-refractivity contribution in [3.63, 3.8) is 0 Å². The van der Waals surface area contributed by atoms with Gasteiger partial charge in [-0.05, 0) is 55.7 Å². The Morgan fingerprint density at radius 1 is 1.06 bits per heavy atom. The summed E-state index contributed by atoms with van der Waals surface area (Å²) in [4.78, 5) is 4.40. The van der Waals surface area contributed by atoms with Gasteiger partial charge >= 0.3 is 0 Å². The van der Waals surface area contributed by atoms with Crippen molar-refractivity contribution in [1.82, 2.24) is 4.98 Å². The lowest BCUT2D eigenvalue weighted by Crippen LogP contribution is -2.15. The molecule has 1 unspecified atom stereocenters. The molecule has 0 bridgehead atoms. The average Bonchev–Trinajstić information content (AvgIpc) is 2.31.